The molecule has 0 bridgehead atoms. The third kappa shape index (κ3) is 6.02. The molecule has 0 unspecified atom stereocenters. The van der Waals surface area contributed by atoms with Crippen LogP contribution in [-0.4, -0.2) is 32.6 Å². The Hall–Kier alpha value is -3.64. The summed E-state index contributed by atoms with van der Waals surface area (Å²) in [7, 11) is 3.11. The second-order valence-electron chi connectivity index (χ2n) is 8.15. The summed E-state index contributed by atoms with van der Waals surface area (Å²) in [6.45, 7) is 4.46. The maximum atomic E-state index is 13.1. The zero-order valence-electron chi connectivity index (χ0n) is 19.9. The van der Waals surface area contributed by atoms with Gasteiger partial charge in [-0.3, -0.25) is 4.79 Å². The normalized spacial score (nSPS) is 12.6. The monoisotopic (exact) mass is 462 g/mol. The minimum atomic E-state index is -0.977. The van der Waals surface area contributed by atoms with Gasteiger partial charge in [-0.25, -0.2) is 4.79 Å². The standard InChI is InChI=1S/C28H30O6/c1-19(2)18-33-26(21-14-8-10-16-23(21)31-3)27(22-15-9-11-17-24(22)32-4)34-28(30)25(29)20-12-6-5-7-13-20/h5-17,19,26-27H,18H2,1-4H3/t26-,27+/m0/s1. The van der Waals surface area contributed by atoms with Crippen molar-refractivity contribution < 1.29 is 28.5 Å². The zero-order valence-corrected chi connectivity index (χ0v) is 19.9. The zero-order chi connectivity index (χ0) is 24.5. The molecule has 6 heteroatoms. The molecule has 178 valence electrons. The number of ketones is 1. The van der Waals surface area contributed by atoms with Gasteiger partial charge < -0.3 is 18.9 Å². The number of Topliss-reactive ketones (excluding diaryl/α,β-unsaturated/α-hetero) is 1. The van der Waals surface area contributed by atoms with Crippen LogP contribution in [0.15, 0.2) is 78.9 Å². The van der Waals surface area contributed by atoms with Gasteiger partial charge in [0.2, 0.25) is 0 Å². The molecule has 0 amide bonds. The van der Waals surface area contributed by atoms with Crippen LogP contribution in [0.4, 0.5) is 0 Å². The third-order valence-corrected chi connectivity index (χ3v) is 5.23. The van der Waals surface area contributed by atoms with Crippen molar-refractivity contribution in [1.82, 2.24) is 0 Å². The van der Waals surface area contributed by atoms with E-state index in [1.54, 1.807) is 56.7 Å². The van der Waals surface area contributed by atoms with Crippen LogP contribution >= 0.6 is 0 Å². The lowest BCUT2D eigenvalue weighted by molar-refractivity contribution is -0.154. The Labute approximate surface area is 200 Å². The van der Waals surface area contributed by atoms with E-state index in [-0.39, 0.29) is 11.5 Å². The summed E-state index contributed by atoms with van der Waals surface area (Å²) in [5.41, 5.74) is 1.53. The van der Waals surface area contributed by atoms with E-state index in [9.17, 15) is 9.59 Å². The Bertz CT molecular complexity index is 1090. The summed E-state index contributed by atoms with van der Waals surface area (Å²) in [6, 6.07) is 22.9. The molecule has 0 aliphatic carbocycles. The number of para-hydroxylation sites is 2. The maximum absolute atomic E-state index is 13.1. The Morgan fingerprint density at radius 2 is 1.21 bits per heavy atom. The summed E-state index contributed by atoms with van der Waals surface area (Å²) in [4.78, 5) is 25.9. The van der Waals surface area contributed by atoms with Crippen molar-refractivity contribution in [2.75, 3.05) is 20.8 Å². The molecule has 0 N–H and O–H groups in total. The van der Waals surface area contributed by atoms with Gasteiger partial charge in [0.15, 0.2) is 6.10 Å². The molecule has 3 rings (SSSR count). The molecule has 0 aliphatic heterocycles. The second kappa shape index (κ2) is 12.0. The van der Waals surface area contributed by atoms with E-state index in [2.05, 4.69) is 0 Å². The van der Waals surface area contributed by atoms with Crippen LogP contribution in [0.5, 0.6) is 11.5 Å². The number of carbonyl (C=O) groups excluding carboxylic acids is 2. The molecule has 0 aromatic heterocycles. The number of hydrogen-bond acceptors (Lipinski definition) is 6. The lowest BCUT2D eigenvalue weighted by atomic mass is 9.96. The number of methoxy groups -OCH3 is 2. The van der Waals surface area contributed by atoms with Crippen LogP contribution in [0.25, 0.3) is 0 Å². The van der Waals surface area contributed by atoms with Gasteiger partial charge in [0.1, 0.15) is 17.6 Å². The number of ether oxygens (including phenoxy) is 4. The van der Waals surface area contributed by atoms with Crippen LogP contribution in [-0.2, 0) is 14.3 Å². The molecule has 0 aliphatic rings. The van der Waals surface area contributed by atoms with Crippen LogP contribution in [0.1, 0.15) is 47.5 Å². The summed E-state index contributed by atoms with van der Waals surface area (Å²) in [5.74, 6) is -0.391. The fourth-order valence-electron chi connectivity index (χ4n) is 3.60. The molecule has 3 aromatic carbocycles. The first-order chi connectivity index (χ1) is 16.5. The molecule has 0 heterocycles. The highest BCUT2D eigenvalue weighted by molar-refractivity contribution is 6.40. The first-order valence-electron chi connectivity index (χ1n) is 11.1. The molecule has 6 nitrogen and oxygen atoms in total. The predicted octanol–water partition coefficient (Wildman–Crippen LogP) is 5.58. The highest BCUT2D eigenvalue weighted by Crippen LogP contribution is 2.42. The molecule has 0 radical (unpaired) electrons. The Morgan fingerprint density at radius 1 is 0.706 bits per heavy atom. The maximum Gasteiger partial charge on any atom is 0.380 e. The lowest BCUT2D eigenvalue weighted by Crippen LogP contribution is -2.26. The molecule has 0 saturated carbocycles. The van der Waals surface area contributed by atoms with Crippen molar-refractivity contribution in [3.8, 4) is 11.5 Å². The minimum Gasteiger partial charge on any atom is -0.496 e. The Morgan fingerprint density at radius 3 is 1.74 bits per heavy atom. The van der Waals surface area contributed by atoms with Gasteiger partial charge in [0.25, 0.3) is 5.78 Å². The fraction of sp³-hybridized carbons (Fsp3) is 0.286. The van der Waals surface area contributed by atoms with E-state index in [4.69, 9.17) is 18.9 Å². The van der Waals surface area contributed by atoms with Crippen molar-refractivity contribution >= 4 is 11.8 Å². The van der Waals surface area contributed by atoms with Crippen molar-refractivity contribution in [1.29, 1.82) is 0 Å². The molecule has 0 fully saturated rings. The number of benzene rings is 3. The summed E-state index contributed by atoms with van der Waals surface area (Å²) in [5, 5.41) is 0. The number of hydrogen-bond donors (Lipinski definition) is 0. The lowest BCUT2D eigenvalue weighted by Gasteiger charge is -2.30. The second-order valence-corrected chi connectivity index (χ2v) is 8.15. The number of esters is 1. The highest BCUT2D eigenvalue weighted by atomic mass is 16.6. The van der Waals surface area contributed by atoms with Crippen molar-refractivity contribution in [2.24, 2.45) is 5.92 Å². The molecule has 0 saturated heterocycles. The van der Waals surface area contributed by atoms with E-state index in [0.717, 1.165) is 0 Å². The van der Waals surface area contributed by atoms with Crippen LogP contribution in [0.2, 0.25) is 0 Å². The third-order valence-electron chi connectivity index (χ3n) is 5.23. The Balaban J connectivity index is 2.09. The van der Waals surface area contributed by atoms with Gasteiger partial charge in [-0.05, 0) is 18.1 Å². The minimum absolute atomic E-state index is 0.220. The van der Waals surface area contributed by atoms with Gasteiger partial charge in [-0.2, -0.15) is 0 Å². The van der Waals surface area contributed by atoms with Gasteiger partial charge in [-0.15, -0.1) is 0 Å². The van der Waals surface area contributed by atoms with Gasteiger partial charge in [0, 0.05) is 23.3 Å². The molecular formula is C28H30O6. The van der Waals surface area contributed by atoms with Crippen LogP contribution < -0.4 is 9.47 Å². The van der Waals surface area contributed by atoms with E-state index < -0.39 is 24.0 Å². The Kier molecular flexibility index (Phi) is 8.82. The van der Waals surface area contributed by atoms with Gasteiger partial charge in [0.05, 0.1) is 14.2 Å². The number of rotatable bonds is 11. The molecule has 34 heavy (non-hydrogen) atoms. The van der Waals surface area contributed by atoms with Gasteiger partial charge in [-0.1, -0.05) is 80.6 Å². The molecule has 0 spiro atoms. The first-order valence-corrected chi connectivity index (χ1v) is 11.1. The van der Waals surface area contributed by atoms with Crippen molar-refractivity contribution in [3.63, 3.8) is 0 Å². The van der Waals surface area contributed by atoms with Crippen molar-refractivity contribution in [3.05, 3.63) is 95.6 Å². The summed E-state index contributed by atoms with van der Waals surface area (Å²) < 4.78 is 23.3. The largest absolute Gasteiger partial charge is 0.496 e. The fourth-order valence-corrected chi connectivity index (χ4v) is 3.60. The average Bonchev–Trinajstić information content (AvgIpc) is 2.88. The SMILES string of the molecule is COc1ccccc1[C@@H](OC(=O)C(=O)c1ccccc1)[C@@H](OCC(C)C)c1ccccc1OC. The van der Waals surface area contributed by atoms with E-state index in [1.165, 1.54) is 0 Å². The smallest absolute Gasteiger partial charge is 0.380 e. The molecule has 2 atom stereocenters. The number of carbonyl (C=O) groups is 2. The van der Waals surface area contributed by atoms with Crippen LogP contribution in [0.3, 0.4) is 0 Å². The molecular weight excluding hydrogens is 432 g/mol. The molecule has 3 aromatic rings. The van der Waals surface area contributed by atoms with Crippen LogP contribution in [0, 0.1) is 5.92 Å². The van der Waals surface area contributed by atoms with E-state index in [1.807, 2.05) is 50.2 Å². The van der Waals surface area contributed by atoms with E-state index in [0.29, 0.717) is 29.2 Å². The van der Waals surface area contributed by atoms with Crippen molar-refractivity contribution in [2.45, 2.75) is 26.1 Å². The average molecular weight is 463 g/mol. The quantitative estimate of drug-likeness (QED) is 0.210. The summed E-state index contributed by atoms with van der Waals surface area (Å²) in [6.07, 6.45) is -1.71. The van der Waals surface area contributed by atoms with E-state index >= 15 is 0 Å². The summed E-state index contributed by atoms with van der Waals surface area (Å²) >= 11 is 0. The first kappa shape index (κ1) is 25.0. The highest BCUT2D eigenvalue weighted by Gasteiger charge is 2.35. The predicted molar refractivity (Wildman–Crippen MR) is 129 cm³/mol. The topological polar surface area (TPSA) is 71.1 Å². The van der Waals surface area contributed by atoms with Gasteiger partial charge >= 0.3 is 5.97 Å².